The van der Waals surface area contributed by atoms with Crippen molar-refractivity contribution in [2.24, 2.45) is 10.9 Å². The van der Waals surface area contributed by atoms with Crippen LogP contribution in [-0.4, -0.2) is 17.1 Å². The first-order valence-electron chi connectivity index (χ1n) is 4.93. The maximum Gasteiger partial charge on any atom is 0.156 e. The van der Waals surface area contributed by atoms with Gasteiger partial charge in [0.1, 0.15) is 0 Å². The smallest absolute Gasteiger partial charge is 0.156 e. The molecule has 0 radical (unpaired) electrons. The molecule has 4 N–H and O–H groups in total. The lowest BCUT2D eigenvalue weighted by Crippen LogP contribution is -2.40. The molecule has 0 amide bonds. The number of hydrogen-bond donors (Lipinski definition) is 3. The van der Waals surface area contributed by atoms with Gasteiger partial charge in [-0.2, -0.15) is 0 Å². The minimum Gasteiger partial charge on any atom is -0.409 e. The monoisotopic (exact) mass is 227 g/mol. The van der Waals surface area contributed by atoms with Crippen LogP contribution in [0, 0.1) is 6.92 Å². The molecule has 0 aromatic carbocycles. The summed E-state index contributed by atoms with van der Waals surface area (Å²) in [4.78, 5) is 2.56. The molecule has 0 aliphatic heterocycles. The average Bonchev–Trinajstić information content (AvgIpc) is 2.64. The van der Waals surface area contributed by atoms with Crippen molar-refractivity contribution < 1.29 is 5.21 Å². The van der Waals surface area contributed by atoms with Crippen molar-refractivity contribution >= 4 is 17.2 Å². The van der Waals surface area contributed by atoms with Crippen LogP contribution in [0.2, 0.25) is 0 Å². The fourth-order valence-electron chi connectivity index (χ4n) is 1.33. The minimum atomic E-state index is -0.0580. The average molecular weight is 227 g/mol. The predicted octanol–water partition coefficient (Wildman–Crippen LogP) is 1.67. The molecule has 15 heavy (non-hydrogen) atoms. The van der Waals surface area contributed by atoms with Gasteiger partial charge in [0, 0.05) is 16.3 Å². The lowest BCUT2D eigenvalue weighted by atomic mass is 10.2. The van der Waals surface area contributed by atoms with Gasteiger partial charge in [-0.15, -0.1) is 11.3 Å². The van der Waals surface area contributed by atoms with Gasteiger partial charge < -0.3 is 16.3 Å². The Morgan fingerprint density at radius 2 is 2.40 bits per heavy atom. The fraction of sp³-hybridized carbons (Fsp3) is 0.500. The van der Waals surface area contributed by atoms with E-state index < -0.39 is 0 Å². The largest absolute Gasteiger partial charge is 0.409 e. The molecule has 84 valence electrons. The Morgan fingerprint density at radius 3 is 2.87 bits per heavy atom. The molecule has 1 heterocycles. The molecule has 0 aliphatic rings. The van der Waals surface area contributed by atoms with E-state index in [0.29, 0.717) is 0 Å². The number of aryl methyl sites for hydroxylation is 1. The van der Waals surface area contributed by atoms with E-state index in [4.69, 9.17) is 10.9 Å². The van der Waals surface area contributed by atoms with Crippen LogP contribution in [0.1, 0.15) is 23.1 Å². The maximum absolute atomic E-state index is 8.56. The normalized spacial score (nSPS) is 14.1. The number of rotatable bonds is 5. The summed E-state index contributed by atoms with van der Waals surface area (Å²) in [5.41, 5.74) is 5.54. The van der Waals surface area contributed by atoms with Gasteiger partial charge in [-0.3, -0.25) is 0 Å². The van der Waals surface area contributed by atoms with Crippen molar-refractivity contribution in [3.05, 3.63) is 21.9 Å². The van der Waals surface area contributed by atoms with Gasteiger partial charge in [0.25, 0.3) is 0 Å². The third-order valence-electron chi connectivity index (χ3n) is 2.20. The van der Waals surface area contributed by atoms with E-state index in [2.05, 4.69) is 29.5 Å². The molecule has 1 aromatic heterocycles. The number of hydrogen-bond acceptors (Lipinski definition) is 4. The molecule has 1 rings (SSSR count). The number of nitrogens with two attached hydrogens (primary N) is 1. The van der Waals surface area contributed by atoms with Crippen LogP contribution in [0.3, 0.4) is 0 Å². The molecule has 1 unspecified atom stereocenters. The molecule has 1 aromatic rings. The van der Waals surface area contributed by atoms with Crippen LogP contribution in [0.4, 0.5) is 0 Å². The summed E-state index contributed by atoms with van der Waals surface area (Å²) >= 11 is 1.75. The first-order valence-corrected chi connectivity index (χ1v) is 5.75. The van der Waals surface area contributed by atoms with Gasteiger partial charge in [0.15, 0.2) is 5.84 Å². The van der Waals surface area contributed by atoms with Crippen LogP contribution in [0.15, 0.2) is 17.3 Å². The van der Waals surface area contributed by atoms with Gasteiger partial charge in [-0.05, 0) is 25.5 Å². The van der Waals surface area contributed by atoms with E-state index in [-0.39, 0.29) is 11.9 Å². The standard InChI is InChI=1S/C10H17N3OS/c1-3-9(10(11)13-14)12-6-8-5-4-7(2)15-8/h4-5,9,12,14H,3,6H2,1-2H3,(H2,11,13). The van der Waals surface area contributed by atoms with Crippen molar-refractivity contribution in [1.29, 1.82) is 0 Å². The SMILES string of the molecule is CCC(NCc1ccc(C)s1)C(N)=NO. The van der Waals surface area contributed by atoms with Crippen LogP contribution >= 0.6 is 11.3 Å². The Morgan fingerprint density at radius 1 is 1.67 bits per heavy atom. The number of thiophene rings is 1. The third kappa shape index (κ3) is 3.53. The Labute approximate surface area is 93.8 Å². The van der Waals surface area contributed by atoms with Crippen molar-refractivity contribution in [3.8, 4) is 0 Å². The van der Waals surface area contributed by atoms with E-state index in [0.717, 1.165) is 13.0 Å². The van der Waals surface area contributed by atoms with Gasteiger partial charge in [0.2, 0.25) is 0 Å². The predicted molar refractivity (Wildman–Crippen MR) is 63.4 cm³/mol. The van der Waals surface area contributed by atoms with E-state index in [1.807, 2.05) is 6.92 Å². The molecule has 0 saturated carbocycles. The molecule has 5 heteroatoms. The summed E-state index contributed by atoms with van der Waals surface area (Å²) in [6.45, 7) is 4.83. The van der Waals surface area contributed by atoms with E-state index in [1.165, 1.54) is 9.75 Å². The summed E-state index contributed by atoms with van der Waals surface area (Å²) in [6.07, 6.45) is 0.806. The molecular weight excluding hydrogens is 210 g/mol. The Kier molecular flexibility index (Phi) is 4.58. The first kappa shape index (κ1) is 12.0. The van der Waals surface area contributed by atoms with Crippen molar-refractivity contribution in [2.45, 2.75) is 32.9 Å². The Hall–Kier alpha value is -1.07. The van der Waals surface area contributed by atoms with Crippen molar-refractivity contribution in [2.75, 3.05) is 0 Å². The van der Waals surface area contributed by atoms with E-state index >= 15 is 0 Å². The van der Waals surface area contributed by atoms with Crippen LogP contribution in [0.5, 0.6) is 0 Å². The summed E-state index contributed by atoms with van der Waals surface area (Å²) < 4.78 is 0. The highest BCUT2D eigenvalue weighted by atomic mass is 32.1. The maximum atomic E-state index is 8.56. The molecule has 0 fully saturated rings. The van der Waals surface area contributed by atoms with Crippen LogP contribution in [0.25, 0.3) is 0 Å². The lowest BCUT2D eigenvalue weighted by molar-refractivity contribution is 0.314. The van der Waals surface area contributed by atoms with Gasteiger partial charge in [0.05, 0.1) is 6.04 Å². The third-order valence-corrected chi connectivity index (χ3v) is 3.20. The summed E-state index contributed by atoms with van der Waals surface area (Å²) in [7, 11) is 0. The minimum absolute atomic E-state index is 0.0580. The topological polar surface area (TPSA) is 70.6 Å². The molecule has 0 spiro atoms. The van der Waals surface area contributed by atoms with E-state index in [9.17, 15) is 0 Å². The molecule has 0 bridgehead atoms. The van der Waals surface area contributed by atoms with Crippen molar-refractivity contribution in [1.82, 2.24) is 5.32 Å². The highest BCUT2D eigenvalue weighted by molar-refractivity contribution is 7.11. The molecule has 4 nitrogen and oxygen atoms in total. The Balaban J connectivity index is 2.48. The highest BCUT2D eigenvalue weighted by Crippen LogP contribution is 2.14. The number of amidine groups is 1. The summed E-state index contributed by atoms with van der Waals surface area (Å²) in [5, 5.41) is 14.8. The molecule has 1 atom stereocenters. The zero-order chi connectivity index (χ0) is 11.3. The number of nitrogens with zero attached hydrogens (tertiary/aromatic N) is 1. The second kappa shape index (κ2) is 5.72. The van der Waals surface area contributed by atoms with Gasteiger partial charge in [-0.25, -0.2) is 0 Å². The molecule has 0 aliphatic carbocycles. The second-order valence-corrected chi connectivity index (χ2v) is 4.75. The van der Waals surface area contributed by atoms with Crippen LogP contribution < -0.4 is 11.1 Å². The highest BCUT2D eigenvalue weighted by Gasteiger charge is 2.10. The fourth-order valence-corrected chi connectivity index (χ4v) is 2.17. The molecule has 0 saturated heterocycles. The Bertz CT molecular complexity index is 335. The van der Waals surface area contributed by atoms with Crippen LogP contribution in [-0.2, 0) is 6.54 Å². The number of nitrogens with one attached hydrogen (secondary N) is 1. The quantitative estimate of drug-likeness (QED) is 0.310. The van der Waals surface area contributed by atoms with Gasteiger partial charge in [-0.1, -0.05) is 12.1 Å². The van der Waals surface area contributed by atoms with E-state index in [1.54, 1.807) is 11.3 Å². The first-order chi connectivity index (χ1) is 7.17. The summed E-state index contributed by atoms with van der Waals surface area (Å²) in [5.74, 6) is 0.241. The summed E-state index contributed by atoms with van der Waals surface area (Å²) in [6, 6.07) is 4.12. The van der Waals surface area contributed by atoms with Gasteiger partial charge >= 0.3 is 0 Å². The molecular formula is C10H17N3OS. The lowest BCUT2D eigenvalue weighted by Gasteiger charge is -2.14. The number of oxime groups is 1. The van der Waals surface area contributed by atoms with Crippen molar-refractivity contribution in [3.63, 3.8) is 0 Å². The second-order valence-electron chi connectivity index (χ2n) is 3.38. The zero-order valence-corrected chi connectivity index (χ0v) is 9.84. The zero-order valence-electron chi connectivity index (χ0n) is 9.03.